The smallest absolute Gasteiger partial charge is 0.257 e. The minimum atomic E-state index is -0.151. The Hall–Kier alpha value is -3.19. The highest BCUT2D eigenvalue weighted by molar-refractivity contribution is 6.29. The Kier molecular flexibility index (Phi) is 6.55. The highest BCUT2D eigenvalue weighted by atomic mass is 35.5. The number of hydrogen-bond donors (Lipinski definition) is 1. The lowest BCUT2D eigenvalue weighted by atomic mass is 10.0. The van der Waals surface area contributed by atoms with Crippen molar-refractivity contribution in [2.24, 2.45) is 0 Å². The molecule has 0 saturated carbocycles. The largest absolute Gasteiger partial charge is 0.366 e. The van der Waals surface area contributed by atoms with E-state index >= 15 is 0 Å². The first-order valence-corrected chi connectivity index (χ1v) is 11.1. The predicted molar refractivity (Wildman–Crippen MR) is 129 cm³/mol. The number of carbonyl (C=O) groups excluding carboxylic acids is 1. The number of rotatable bonds is 5. The zero-order chi connectivity index (χ0) is 22.7. The maximum Gasteiger partial charge on any atom is 0.257 e. The van der Waals surface area contributed by atoms with E-state index < -0.39 is 0 Å². The summed E-state index contributed by atoms with van der Waals surface area (Å²) >= 11 is 6.01. The van der Waals surface area contributed by atoms with Gasteiger partial charge in [0.15, 0.2) is 0 Å². The molecule has 0 unspecified atom stereocenters. The molecule has 1 aliphatic heterocycles. The first kappa shape index (κ1) is 22.0. The zero-order valence-corrected chi connectivity index (χ0v) is 19.3. The fourth-order valence-electron chi connectivity index (χ4n) is 3.85. The standard InChI is InChI=1S/C24H27ClN6O/c1-16(2)18-6-7-20(28-24(32)19-5-4-8-27-17(19)3)21(13-18)30-9-11-31(12-10-30)23-15-26-14-22(25)29-23/h4-8,13-16H,9-12H2,1-3H3,(H,28,32). The van der Waals surface area contributed by atoms with E-state index in [1.54, 1.807) is 24.5 Å². The molecule has 1 amide bonds. The van der Waals surface area contributed by atoms with Crippen molar-refractivity contribution in [2.45, 2.75) is 26.7 Å². The third kappa shape index (κ3) is 4.83. The Bertz CT molecular complexity index is 1110. The van der Waals surface area contributed by atoms with Gasteiger partial charge in [0.1, 0.15) is 11.0 Å². The van der Waals surface area contributed by atoms with Crippen molar-refractivity contribution >= 4 is 34.7 Å². The Labute approximate surface area is 193 Å². The number of carbonyl (C=O) groups is 1. The van der Waals surface area contributed by atoms with Crippen LogP contribution in [0.25, 0.3) is 0 Å². The van der Waals surface area contributed by atoms with E-state index in [-0.39, 0.29) is 5.91 Å². The van der Waals surface area contributed by atoms with Gasteiger partial charge in [0, 0.05) is 38.1 Å². The number of hydrogen-bond acceptors (Lipinski definition) is 6. The van der Waals surface area contributed by atoms with Crippen LogP contribution in [0.15, 0.2) is 48.9 Å². The van der Waals surface area contributed by atoms with Crippen molar-refractivity contribution in [1.82, 2.24) is 15.0 Å². The fourth-order valence-corrected chi connectivity index (χ4v) is 3.99. The summed E-state index contributed by atoms with van der Waals surface area (Å²) in [6.07, 6.45) is 4.97. The summed E-state index contributed by atoms with van der Waals surface area (Å²) in [4.78, 5) is 30.2. The van der Waals surface area contributed by atoms with Gasteiger partial charge in [0.05, 0.1) is 29.3 Å². The minimum Gasteiger partial charge on any atom is -0.366 e. The summed E-state index contributed by atoms with van der Waals surface area (Å²) in [7, 11) is 0. The van der Waals surface area contributed by atoms with Crippen LogP contribution in [-0.2, 0) is 0 Å². The lowest BCUT2D eigenvalue weighted by molar-refractivity contribution is 0.102. The van der Waals surface area contributed by atoms with Crippen LogP contribution in [0.3, 0.4) is 0 Å². The second-order valence-corrected chi connectivity index (χ2v) is 8.58. The minimum absolute atomic E-state index is 0.151. The lowest BCUT2D eigenvalue weighted by Crippen LogP contribution is -2.47. The van der Waals surface area contributed by atoms with Crippen LogP contribution < -0.4 is 15.1 Å². The molecule has 2 aromatic heterocycles. The van der Waals surface area contributed by atoms with Crippen LogP contribution in [0, 0.1) is 6.92 Å². The van der Waals surface area contributed by atoms with Gasteiger partial charge in [-0.25, -0.2) is 4.98 Å². The van der Waals surface area contributed by atoms with E-state index in [1.807, 2.05) is 13.0 Å². The number of aryl methyl sites for hydroxylation is 1. The normalized spacial score (nSPS) is 14.0. The number of nitrogens with zero attached hydrogens (tertiary/aromatic N) is 5. The van der Waals surface area contributed by atoms with Crippen molar-refractivity contribution in [3.63, 3.8) is 0 Å². The molecular weight excluding hydrogens is 424 g/mol. The monoisotopic (exact) mass is 450 g/mol. The highest BCUT2D eigenvalue weighted by Crippen LogP contribution is 2.32. The number of nitrogens with one attached hydrogen (secondary N) is 1. The maximum absolute atomic E-state index is 13.0. The molecule has 0 bridgehead atoms. The Balaban J connectivity index is 1.56. The van der Waals surface area contributed by atoms with E-state index in [0.717, 1.165) is 43.4 Å². The highest BCUT2D eigenvalue weighted by Gasteiger charge is 2.22. The number of halogens is 1. The molecule has 166 valence electrons. The van der Waals surface area contributed by atoms with Gasteiger partial charge in [-0.05, 0) is 42.7 Å². The van der Waals surface area contributed by atoms with Crippen molar-refractivity contribution in [1.29, 1.82) is 0 Å². The molecule has 7 nitrogen and oxygen atoms in total. The Morgan fingerprint density at radius 3 is 2.53 bits per heavy atom. The molecule has 3 aromatic rings. The number of piperazine rings is 1. The SMILES string of the molecule is Cc1ncccc1C(=O)Nc1ccc(C(C)C)cc1N1CCN(c2cncc(Cl)n2)CC1. The number of amides is 1. The fraction of sp³-hybridized carbons (Fsp3) is 0.333. The van der Waals surface area contributed by atoms with Crippen LogP contribution in [0.2, 0.25) is 5.15 Å². The maximum atomic E-state index is 13.0. The van der Waals surface area contributed by atoms with E-state index in [9.17, 15) is 4.79 Å². The molecule has 1 N–H and O–H groups in total. The predicted octanol–water partition coefficient (Wildman–Crippen LogP) is 4.54. The molecule has 1 saturated heterocycles. The molecule has 0 atom stereocenters. The summed E-state index contributed by atoms with van der Waals surface area (Å²) in [5.41, 5.74) is 4.36. The van der Waals surface area contributed by atoms with Gasteiger partial charge in [-0.15, -0.1) is 0 Å². The molecule has 1 fully saturated rings. The topological polar surface area (TPSA) is 74.2 Å². The summed E-state index contributed by atoms with van der Waals surface area (Å²) in [6.45, 7) is 9.36. The third-order valence-corrected chi connectivity index (χ3v) is 5.91. The van der Waals surface area contributed by atoms with E-state index in [2.05, 4.69) is 56.0 Å². The average molecular weight is 451 g/mol. The molecule has 32 heavy (non-hydrogen) atoms. The van der Waals surface area contributed by atoms with Crippen molar-refractivity contribution in [3.05, 3.63) is 70.9 Å². The van der Waals surface area contributed by atoms with Gasteiger partial charge >= 0.3 is 0 Å². The molecule has 0 aliphatic carbocycles. The van der Waals surface area contributed by atoms with Crippen LogP contribution in [0.5, 0.6) is 0 Å². The summed E-state index contributed by atoms with van der Waals surface area (Å²) < 4.78 is 0. The van der Waals surface area contributed by atoms with Gasteiger partial charge in [0.25, 0.3) is 5.91 Å². The van der Waals surface area contributed by atoms with Crippen molar-refractivity contribution < 1.29 is 4.79 Å². The van der Waals surface area contributed by atoms with E-state index in [4.69, 9.17) is 11.6 Å². The van der Waals surface area contributed by atoms with Crippen molar-refractivity contribution in [2.75, 3.05) is 41.3 Å². The van der Waals surface area contributed by atoms with Crippen LogP contribution in [0.4, 0.5) is 17.2 Å². The third-order valence-electron chi connectivity index (χ3n) is 5.72. The van der Waals surface area contributed by atoms with Crippen molar-refractivity contribution in [3.8, 4) is 0 Å². The van der Waals surface area contributed by atoms with Crippen LogP contribution in [-0.4, -0.2) is 47.0 Å². The zero-order valence-electron chi connectivity index (χ0n) is 18.5. The van der Waals surface area contributed by atoms with E-state index in [0.29, 0.717) is 22.3 Å². The van der Waals surface area contributed by atoms with Gasteiger partial charge in [-0.2, -0.15) is 0 Å². The van der Waals surface area contributed by atoms with E-state index in [1.165, 1.54) is 11.8 Å². The quantitative estimate of drug-likeness (QED) is 0.615. The molecule has 1 aliphatic rings. The Morgan fingerprint density at radius 1 is 1.09 bits per heavy atom. The summed E-state index contributed by atoms with van der Waals surface area (Å²) in [5.74, 6) is 1.03. The molecule has 0 spiro atoms. The first-order valence-electron chi connectivity index (χ1n) is 10.8. The lowest BCUT2D eigenvalue weighted by Gasteiger charge is -2.37. The average Bonchev–Trinajstić information content (AvgIpc) is 2.79. The van der Waals surface area contributed by atoms with Gasteiger partial charge in [-0.3, -0.25) is 14.8 Å². The van der Waals surface area contributed by atoms with Gasteiger partial charge in [-0.1, -0.05) is 31.5 Å². The second kappa shape index (κ2) is 9.53. The summed E-state index contributed by atoms with van der Waals surface area (Å²) in [6, 6.07) is 9.85. The van der Waals surface area contributed by atoms with Crippen LogP contribution in [0.1, 0.15) is 41.4 Å². The first-order chi connectivity index (χ1) is 15.4. The number of pyridine rings is 1. The molecule has 8 heteroatoms. The molecule has 1 aromatic carbocycles. The molecular formula is C24H27ClN6O. The molecule has 0 radical (unpaired) electrons. The molecule has 3 heterocycles. The number of aromatic nitrogens is 3. The number of anilines is 3. The number of benzene rings is 1. The Morgan fingerprint density at radius 2 is 1.84 bits per heavy atom. The second-order valence-electron chi connectivity index (χ2n) is 8.20. The van der Waals surface area contributed by atoms with Gasteiger partial charge < -0.3 is 15.1 Å². The molecule has 4 rings (SSSR count). The van der Waals surface area contributed by atoms with Gasteiger partial charge in [0.2, 0.25) is 0 Å². The van der Waals surface area contributed by atoms with Crippen LogP contribution >= 0.6 is 11.6 Å². The summed E-state index contributed by atoms with van der Waals surface area (Å²) in [5, 5.41) is 3.50.